The highest BCUT2D eigenvalue weighted by atomic mass is 16.2. The largest absolute Gasteiger partial charge is 0.327 e. The first kappa shape index (κ1) is 15.4. The standard InChI is InChI=1S/C18H17N5O2/c1-10-2-4-11(5-3-10)15(12-6-7-12)23-16-14(13(22-23)8-9-19)17(24)21-18(25)20-16/h2-5,12,15H,6-8H2,1H3,(H2,20,21,24,25)/t15-/m1/s1. The van der Waals surface area contributed by atoms with E-state index in [0.717, 1.165) is 18.4 Å². The van der Waals surface area contributed by atoms with Crippen molar-refractivity contribution in [1.82, 2.24) is 19.7 Å². The molecule has 7 nitrogen and oxygen atoms in total. The van der Waals surface area contributed by atoms with Crippen LogP contribution in [0.3, 0.4) is 0 Å². The average Bonchev–Trinajstić information content (AvgIpc) is 3.34. The summed E-state index contributed by atoms with van der Waals surface area (Å²) in [6.07, 6.45) is 2.16. The molecular weight excluding hydrogens is 318 g/mol. The molecule has 25 heavy (non-hydrogen) atoms. The zero-order valence-electron chi connectivity index (χ0n) is 13.7. The van der Waals surface area contributed by atoms with Crippen LogP contribution in [0.2, 0.25) is 0 Å². The summed E-state index contributed by atoms with van der Waals surface area (Å²) >= 11 is 0. The Balaban J connectivity index is 1.98. The first-order chi connectivity index (χ1) is 12.1. The molecule has 4 rings (SSSR count). The molecule has 2 aromatic heterocycles. The number of H-pyrrole nitrogens is 2. The quantitative estimate of drug-likeness (QED) is 0.758. The molecule has 0 bridgehead atoms. The normalized spacial score (nSPS) is 15.2. The predicted molar refractivity (Wildman–Crippen MR) is 92.3 cm³/mol. The van der Waals surface area contributed by atoms with Crippen molar-refractivity contribution in [2.45, 2.75) is 32.2 Å². The van der Waals surface area contributed by atoms with Gasteiger partial charge in [0.05, 0.1) is 24.2 Å². The van der Waals surface area contributed by atoms with E-state index in [1.165, 1.54) is 5.56 Å². The maximum atomic E-state index is 12.3. The Morgan fingerprint density at radius 2 is 2.00 bits per heavy atom. The van der Waals surface area contributed by atoms with E-state index in [1.54, 1.807) is 4.68 Å². The van der Waals surface area contributed by atoms with Crippen LogP contribution in [0, 0.1) is 24.2 Å². The molecule has 2 heterocycles. The van der Waals surface area contributed by atoms with Gasteiger partial charge in [-0.3, -0.25) is 14.8 Å². The molecule has 1 saturated carbocycles. The molecule has 1 aliphatic carbocycles. The number of fused-ring (bicyclic) bond motifs is 1. The van der Waals surface area contributed by atoms with Gasteiger partial charge in [0.15, 0.2) is 0 Å². The second kappa shape index (κ2) is 5.74. The van der Waals surface area contributed by atoms with Crippen molar-refractivity contribution >= 4 is 11.0 Å². The number of benzene rings is 1. The summed E-state index contributed by atoms with van der Waals surface area (Å²) in [7, 11) is 0. The molecule has 1 aliphatic rings. The predicted octanol–water partition coefficient (Wildman–Crippen LogP) is 1.79. The van der Waals surface area contributed by atoms with Crippen molar-refractivity contribution in [3.63, 3.8) is 0 Å². The van der Waals surface area contributed by atoms with Crippen LogP contribution in [0.4, 0.5) is 0 Å². The van der Waals surface area contributed by atoms with Gasteiger partial charge in [-0.2, -0.15) is 10.4 Å². The Kier molecular flexibility index (Phi) is 3.53. The van der Waals surface area contributed by atoms with E-state index in [9.17, 15) is 9.59 Å². The first-order valence-corrected chi connectivity index (χ1v) is 8.25. The summed E-state index contributed by atoms with van der Waals surface area (Å²) in [5, 5.41) is 13.9. The van der Waals surface area contributed by atoms with Gasteiger partial charge in [-0.15, -0.1) is 0 Å². The highest BCUT2D eigenvalue weighted by molar-refractivity contribution is 5.77. The average molecular weight is 335 g/mol. The van der Waals surface area contributed by atoms with E-state index >= 15 is 0 Å². The number of nitriles is 1. The van der Waals surface area contributed by atoms with Gasteiger partial charge < -0.3 is 0 Å². The number of rotatable bonds is 4. The van der Waals surface area contributed by atoms with Gasteiger partial charge in [0.2, 0.25) is 0 Å². The fourth-order valence-electron chi connectivity index (χ4n) is 3.33. The van der Waals surface area contributed by atoms with Crippen molar-refractivity contribution in [1.29, 1.82) is 5.26 Å². The lowest BCUT2D eigenvalue weighted by molar-refractivity contribution is 0.478. The van der Waals surface area contributed by atoms with E-state index in [4.69, 9.17) is 5.26 Å². The molecule has 0 spiro atoms. The van der Waals surface area contributed by atoms with E-state index in [2.05, 4.69) is 27.2 Å². The number of hydrogen-bond acceptors (Lipinski definition) is 4. The van der Waals surface area contributed by atoms with Crippen molar-refractivity contribution in [2.24, 2.45) is 5.92 Å². The topological polar surface area (TPSA) is 107 Å². The zero-order valence-corrected chi connectivity index (χ0v) is 13.7. The van der Waals surface area contributed by atoms with E-state index in [-0.39, 0.29) is 12.5 Å². The van der Waals surface area contributed by atoms with Crippen molar-refractivity contribution < 1.29 is 0 Å². The smallest absolute Gasteiger partial charge is 0.291 e. The fourth-order valence-corrected chi connectivity index (χ4v) is 3.33. The molecular formula is C18H17N5O2. The molecule has 0 amide bonds. The van der Waals surface area contributed by atoms with Gasteiger partial charge in [0.1, 0.15) is 11.0 Å². The highest BCUT2D eigenvalue weighted by Crippen LogP contribution is 2.44. The first-order valence-electron chi connectivity index (χ1n) is 8.25. The Hall–Kier alpha value is -3.14. The minimum absolute atomic E-state index is 0.0178. The van der Waals surface area contributed by atoms with Crippen molar-refractivity contribution in [3.05, 3.63) is 61.9 Å². The van der Waals surface area contributed by atoms with Crippen LogP contribution in [0.5, 0.6) is 0 Å². The molecule has 2 N–H and O–H groups in total. The monoisotopic (exact) mass is 335 g/mol. The third-order valence-corrected chi connectivity index (χ3v) is 4.67. The summed E-state index contributed by atoms with van der Waals surface area (Å²) in [6.45, 7) is 2.03. The Morgan fingerprint density at radius 3 is 2.64 bits per heavy atom. The molecule has 1 fully saturated rings. The Labute approximate surface area is 142 Å². The summed E-state index contributed by atoms with van der Waals surface area (Å²) in [6, 6.07) is 10.2. The Bertz CT molecular complexity index is 1090. The van der Waals surface area contributed by atoms with Crippen LogP contribution >= 0.6 is 0 Å². The van der Waals surface area contributed by atoms with E-state index < -0.39 is 11.2 Å². The van der Waals surface area contributed by atoms with Gasteiger partial charge in [0, 0.05) is 0 Å². The molecule has 1 aromatic carbocycles. The highest BCUT2D eigenvalue weighted by Gasteiger charge is 2.36. The fraction of sp³-hybridized carbons (Fsp3) is 0.333. The second-order valence-electron chi connectivity index (χ2n) is 6.55. The molecule has 0 unspecified atom stereocenters. The van der Waals surface area contributed by atoms with Gasteiger partial charge >= 0.3 is 5.69 Å². The maximum absolute atomic E-state index is 12.3. The third kappa shape index (κ3) is 2.66. The Morgan fingerprint density at radius 1 is 1.28 bits per heavy atom. The summed E-state index contributed by atoms with van der Waals surface area (Å²) in [5.41, 5.74) is 1.96. The lowest BCUT2D eigenvalue weighted by Crippen LogP contribution is -2.24. The van der Waals surface area contributed by atoms with E-state index in [0.29, 0.717) is 22.6 Å². The molecule has 3 aromatic rings. The van der Waals surface area contributed by atoms with Gasteiger partial charge in [-0.1, -0.05) is 29.8 Å². The summed E-state index contributed by atoms with van der Waals surface area (Å²) in [5.74, 6) is 0.406. The maximum Gasteiger partial charge on any atom is 0.327 e. The second-order valence-corrected chi connectivity index (χ2v) is 6.55. The minimum Gasteiger partial charge on any atom is -0.291 e. The van der Waals surface area contributed by atoms with Crippen LogP contribution < -0.4 is 11.2 Å². The summed E-state index contributed by atoms with van der Waals surface area (Å²) in [4.78, 5) is 29.0. The molecule has 1 atom stereocenters. The molecule has 7 heteroatoms. The lowest BCUT2D eigenvalue weighted by Gasteiger charge is -2.18. The van der Waals surface area contributed by atoms with E-state index in [1.807, 2.05) is 25.1 Å². The number of aryl methyl sites for hydroxylation is 1. The molecule has 0 saturated heterocycles. The minimum atomic E-state index is -0.569. The molecule has 0 aliphatic heterocycles. The number of aromatic amines is 2. The number of hydrogen-bond donors (Lipinski definition) is 2. The SMILES string of the molecule is Cc1ccc([C@H](C2CC2)n2nc(CC#N)c3c(=O)[nH]c(=O)[nH]c32)cc1. The van der Waals surface area contributed by atoms with Crippen LogP contribution in [-0.4, -0.2) is 19.7 Å². The van der Waals surface area contributed by atoms with Crippen LogP contribution in [0.25, 0.3) is 11.0 Å². The number of aromatic nitrogens is 4. The number of nitrogens with zero attached hydrogens (tertiary/aromatic N) is 3. The van der Waals surface area contributed by atoms with Gasteiger partial charge in [-0.05, 0) is 31.2 Å². The molecule has 126 valence electrons. The van der Waals surface area contributed by atoms with Crippen LogP contribution in [0.1, 0.15) is 35.7 Å². The summed E-state index contributed by atoms with van der Waals surface area (Å²) < 4.78 is 1.72. The van der Waals surface area contributed by atoms with Gasteiger partial charge in [0.25, 0.3) is 5.56 Å². The molecule has 0 radical (unpaired) electrons. The van der Waals surface area contributed by atoms with Crippen LogP contribution in [0.15, 0.2) is 33.9 Å². The van der Waals surface area contributed by atoms with Gasteiger partial charge in [-0.25, -0.2) is 9.48 Å². The zero-order chi connectivity index (χ0) is 17.6. The third-order valence-electron chi connectivity index (χ3n) is 4.67. The number of nitrogens with one attached hydrogen (secondary N) is 2. The van der Waals surface area contributed by atoms with Crippen molar-refractivity contribution in [3.8, 4) is 6.07 Å². The van der Waals surface area contributed by atoms with Crippen LogP contribution in [-0.2, 0) is 6.42 Å². The lowest BCUT2D eigenvalue weighted by atomic mass is 10.0. The van der Waals surface area contributed by atoms with Crippen molar-refractivity contribution in [2.75, 3.05) is 0 Å².